The molecule has 3 rings (SSSR count). The molecule has 2 aromatic rings. The SMILES string of the molecule is O=C([O-])CC/C=C\C[C@H]1CCN(Cc2cccnc2)[C@H]1c1cccc(O)c1.[Na+]. The Kier molecular flexibility index (Phi) is 9.19. The number of nitrogens with zero attached hydrogens (tertiary/aromatic N) is 2. The van der Waals surface area contributed by atoms with Crippen molar-refractivity contribution in [2.45, 2.75) is 38.3 Å². The molecule has 6 heteroatoms. The minimum atomic E-state index is -1.01. The van der Waals surface area contributed by atoms with Crippen molar-refractivity contribution in [1.82, 2.24) is 9.88 Å². The Morgan fingerprint density at radius 1 is 1.29 bits per heavy atom. The first kappa shape index (κ1) is 22.6. The van der Waals surface area contributed by atoms with Crippen LogP contribution in [0.15, 0.2) is 60.9 Å². The van der Waals surface area contributed by atoms with Crippen LogP contribution in [-0.2, 0) is 11.3 Å². The Labute approximate surface area is 188 Å². The Morgan fingerprint density at radius 3 is 2.86 bits per heavy atom. The summed E-state index contributed by atoms with van der Waals surface area (Å²) in [4.78, 5) is 17.2. The molecule has 0 bridgehead atoms. The van der Waals surface area contributed by atoms with E-state index in [1.807, 2.05) is 30.5 Å². The van der Waals surface area contributed by atoms with Gasteiger partial charge in [-0.05, 0) is 67.5 Å². The van der Waals surface area contributed by atoms with Crippen LogP contribution in [0.2, 0.25) is 0 Å². The van der Waals surface area contributed by atoms with Gasteiger partial charge in [0.1, 0.15) is 5.75 Å². The van der Waals surface area contributed by atoms with Crippen LogP contribution in [0, 0.1) is 5.92 Å². The van der Waals surface area contributed by atoms with Crippen molar-refractivity contribution in [1.29, 1.82) is 0 Å². The number of pyridine rings is 1. The minimum absolute atomic E-state index is 0. The van der Waals surface area contributed by atoms with E-state index in [2.05, 4.69) is 28.1 Å². The number of aliphatic carboxylic acids is 1. The van der Waals surface area contributed by atoms with Crippen LogP contribution in [0.3, 0.4) is 0 Å². The summed E-state index contributed by atoms with van der Waals surface area (Å²) in [6.45, 7) is 1.80. The summed E-state index contributed by atoms with van der Waals surface area (Å²) in [5.74, 6) is -0.313. The first-order chi connectivity index (χ1) is 13.1. The maximum Gasteiger partial charge on any atom is 1.00 e. The third kappa shape index (κ3) is 6.45. The third-order valence-electron chi connectivity index (χ3n) is 5.07. The van der Waals surface area contributed by atoms with Crippen molar-refractivity contribution >= 4 is 5.97 Å². The molecule has 142 valence electrons. The van der Waals surface area contributed by atoms with Crippen molar-refractivity contribution in [3.05, 3.63) is 72.1 Å². The molecule has 0 saturated carbocycles. The fraction of sp³-hybridized carbons (Fsp3) is 0.364. The predicted molar refractivity (Wildman–Crippen MR) is 102 cm³/mol. The number of aromatic hydroxyl groups is 1. The van der Waals surface area contributed by atoms with Crippen LogP contribution in [0.25, 0.3) is 0 Å². The minimum Gasteiger partial charge on any atom is -0.550 e. The average Bonchev–Trinajstić information content (AvgIpc) is 3.04. The summed E-state index contributed by atoms with van der Waals surface area (Å²) in [7, 11) is 0. The molecule has 5 nitrogen and oxygen atoms in total. The molecule has 0 spiro atoms. The third-order valence-corrected chi connectivity index (χ3v) is 5.07. The van der Waals surface area contributed by atoms with Gasteiger partial charge < -0.3 is 15.0 Å². The van der Waals surface area contributed by atoms with E-state index >= 15 is 0 Å². The van der Waals surface area contributed by atoms with Crippen molar-refractivity contribution in [2.24, 2.45) is 5.92 Å². The van der Waals surface area contributed by atoms with E-state index in [-0.39, 0.29) is 47.8 Å². The number of rotatable bonds is 8. The van der Waals surface area contributed by atoms with Gasteiger partial charge in [-0.3, -0.25) is 9.88 Å². The number of hydrogen-bond acceptors (Lipinski definition) is 5. The maximum atomic E-state index is 10.5. The number of carbonyl (C=O) groups excluding carboxylic acids is 1. The van der Waals surface area contributed by atoms with Crippen molar-refractivity contribution in [2.75, 3.05) is 6.54 Å². The molecular weight excluding hydrogens is 363 g/mol. The van der Waals surface area contributed by atoms with E-state index in [9.17, 15) is 15.0 Å². The second-order valence-corrected chi connectivity index (χ2v) is 7.04. The quantitative estimate of drug-likeness (QED) is 0.502. The second kappa shape index (κ2) is 11.4. The van der Waals surface area contributed by atoms with Gasteiger partial charge in [0.05, 0.1) is 0 Å². The molecule has 0 radical (unpaired) electrons. The molecule has 1 saturated heterocycles. The molecule has 0 unspecified atom stereocenters. The number of phenols is 1. The van der Waals surface area contributed by atoms with Crippen LogP contribution < -0.4 is 34.7 Å². The summed E-state index contributed by atoms with van der Waals surface area (Å²) in [5, 5.41) is 20.5. The molecule has 1 aliphatic heterocycles. The number of aromatic nitrogens is 1. The topological polar surface area (TPSA) is 76.5 Å². The van der Waals surface area contributed by atoms with E-state index in [1.54, 1.807) is 12.3 Å². The summed E-state index contributed by atoms with van der Waals surface area (Å²) in [6.07, 6.45) is 10.2. The Bertz CT molecular complexity index is 782. The van der Waals surface area contributed by atoms with E-state index in [0.29, 0.717) is 12.3 Å². The number of phenolic OH excluding ortho intramolecular Hbond substituents is 1. The standard InChI is InChI=1S/C22H26N2O3.Na/c25-20-9-4-8-19(14-20)22-18(7-2-1-3-10-21(26)27)11-13-24(22)16-17-6-5-12-23-15-17;/h1-2,4-6,8-9,12,14-15,18,22,25H,3,7,10-11,13,16H2,(H,26,27);/q;+1/p-1/b2-1-;/t18-,22+;/m0./s1. The second-order valence-electron chi connectivity index (χ2n) is 7.04. The van der Waals surface area contributed by atoms with Gasteiger partial charge >= 0.3 is 29.6 Å². The first-order valence-electron chi connectivity index (χ1n) is 9.40. The van der Waals surface area contributed by atoms with Gasteiger partial charge in [-0.2, -0.15) is 0 Å². The van der Waals surface area contributed by atoms with Crippen LogP contribution >= 0.6 is 0 Å². The summed E-state index contributed by atoms with van der Waals surface area (Å²) < 4.78 is 0. The molecule has 1 aliphatic rings. The zero-order valence-electron chi connectivity index (χ0n) is 16.3. The van der Waals surface area contributed by atoms with Gasteiger partial charge in [0.15, 0.2) is 0 Å². The van der Waals surface area contributed by atoms with Gasteiger partial charge in [-0.25, -0.2) is 0 Å². The molecule has 2 heterocycles. The molecule has 0 aliphatic carbocycles. The predicted octanol–water partition coefficient (Wildman–Crippen LogP) is -0.169. The Balaban J connectivity index is 0.00000280. The maximum absolute atomic E-state index is 10.5. The fourth-order valence-corrected chi connectivity index (χ4v) is 3.86. The molecule has 1 aromatic carbocycles. The van der Waals surface area contributed by atoms with Gasteiger partial charge in [0, 0.05) is 30.9 Å². The molecule has 1 aromatic heterocycles. The van der Waals surface area contributed by atoms with E-state index in [4.69, 9.17) is 0 Å². The van der Waals surface area contributed by atoms with Crippen LogP contribution in [-0.4, -0.2) is 27.5 Å². The molecule has 2 atom stereocenters. The number of carboxylic acids is 1. The number of benzene rings is 1. The number of likely N-dealkylation sites (tertiary alicyclic amines) is 1. The zero-order chi connectivity index (χ0) is 19.1. The summed E-state index contributed by atoms with van der Waals surface area (Å²) >= 11 is 0. The van der Waals surface area contributed by atoms with E-state index < -0.39 is 5.97 Å². The van der Waals surface area contributed by atoms with Gasteiger partial charge in [0.2, 0.25) is 0 Å². The zero-order valence-corrected chi connectivity index (χ0v) is 18.3. The first-order valence-corrected chi connectivity index (χ1v) is 9.40. The summed E-state index contributed by atoms with van der Waals surface area (Å²) in [5.41, 5.74) is 2.29. The number of carboxylic acid groups (broad SMARTS) is 1. The Morgan fingerprint density at radius 2 is 2.14 bits per heavy atom. The van der Waals surface area contributed by atoms with Gasteiger partial charge in [0.25, 0.3) is 0 Å². The fourth-order valence-electron chi connectivity index (χ4n) is 3.86. The average molecular weight is 388 g/mol. The molecule has 1 fully saturated rings. The molecule has 1 N–H and O–H groups in total. The van der Waals surface area contributed by atoms with Crippen molar-refractivity contribution in [3.8, 4) is 5.75 Å². The largest absolute Gasteiger partial charge is 1.00 e. The monoisotopic (exact) mass is 388 g/mol. The molecule has 0 amide bonds. The van der Waals surface area contributed by atoms with Crippen molar-refractivity contribution in [3.63, 3.8) is 0 Å². The Hall–Kier alpha value is -1.66. The van der Waals surface area contributed by atoms with Crippen LogP contribution in [0.1, 0.15) is 42.9 Å². The van der Waals surface area contributed by atoms with Crippen LogP contribution in [0.4, 0.5) is 0 Å². The van der Waals surface area contributed by atoms with E-state index in [1.165, 1.54) is 5.56 Å². The smallest absolute Gasteiger partial charge is 0.550 e. The number of allylic oxidation sites excluding steroid dienone is 2. The van der Waals surface area contributed by atoms with Crippen molar-refractivity contribution < 1.29 is 44.6 Å². The normalized spacial score (nSPS) is 19.6. The number of carbonyl (C=O) groups is 1. The number of hydrogen-bond donors (Lipinski definition) is 1. The van der Waals surface area contributed by atoms with Gasteiger partial charge in [-0.1, -0.05) is 30.4 Å². The summed E-state index contributed by atoms with van der Waals surface area (Å²) in [6, 6.07) is 11.7. The molecule has 28 heavy (non-hydrogen) atoms. The van der Waals surface area contributed by atoms with Crippen LogP contribution in [0.5, 0.6) is 5.75 Å². The van der Waals surface area contributed by atoms with Gasteiger partial charge in [-0.15, -0.1) is 0 Å². The molecular formula is C22H25N2NaO3. The van der Waals surface area contributed by atoms with E-state index in [0.717, 1.165) is 31.5 Å².